The van der Waals surface area contributed by atoms with Gasteiger partial charge in [0.25, 0.3) is 0 Å². The number of anilines is 1. The van der Waals surface area contributed by atoms with E-state index in [1.165, 1.54) is 6.07 Å². The molecule has 36 heavy (non-hydrogen) atoms. The molecular weight excluding hydrogens is 476 g/mol. The summed E-state index contributed by atoms with van der Waals surface area (Å²) in [5, 5.41) is 11.2. The number of rotatable bonds is 8. The van der Waals surface area contributed by atoms with Crippen molar-refractivity contribution in [3.63, 3.8) is 0 Å². The van der Waals surface area contributed by atoms with Gasteiger partial charge in [-0.25, -0.2) is 13.6 Å². The van der Waals surface area contributed by atoms with Crippen molar-refractivity contribution in [1.82, 2.24) is 10.6 Å². The summed E-state index contributed by atoms with van der Waals surface area (Å²) in [6, 6.07) is 21.1. The number of carbonyl (C=O) groups is 2. The normalized spacial score (nSPS) is 17.5. The fraction of sp³-hybridized carbons (Fsp3) is 0.259. The van der Waals surface area contributed by atoms with Crippen molar-refractivity contribution in [3.05, 3.63) is 83.9 Å². The number of nitrogens with one attached hydrogen (secondary N) is 2. The first-order valence-electron chi connectivity index (χ1n) is 11.8. The van der Waals surface area contributed by atoms with Crippen molar-refractivity contribution in [2.75, 3.05) is 5.73 Å². The predicted molar refractivity (Wildman–Crippen MR) is 139 cm³/mol. The number of carbonyl (C=O) groups excluding carboxylic acids is 2. The van der Waals surface area contributed by atoms with E-state index >= 15 is 0 Å². The van der Waals surface area contributed by atoms with Gasteiger partial charge in [-0.2, -0.15) is 0 Å². The van der Waals surface area contributed by atoms with Crippen LogP contribution in [0.2, 0.25) is 0 Å². The maximum absolute atomic E-state index is 12.9. The molecule has 8 nitrogen and oxygen atoms in total. The van der Waals surface area contributed by atoms with E-state index in [1.807, 2.05) is 24.3 Å². The number of sulfonamides is 1. The van der Waals surface area contributed by atoms with Crippen molar-refractivity contribution in [1.29, 1.82) is 0 Å². The summed E-state index contributed by atoms with van der Waals surface area (Å²) >= 11 is 0. The molecule has 2 atom stereocenters. The molecule has 3 aromatic carbocycles. The average Bonchev–Trinajstić information content (AvgIpc) is 3.37. The lowest BCUT2D eigenvalue weighted by Gasteiger charge is -2.19. The zero-order valence-corrected chi connectivity index (χ0v) is 20.6. The highest BCUT2D eigenvalue weighted by molar-refractivity contribution is 7.89. The molecule has 1 aliphatic rings. The first-order chi connectivity index (χ1) is 17.2. The van der Waals surface area contributed by atoms with E-state index in [0.29, 0.717) is 42.7 Å². The third kappa shape index (κ3) is 6.10. The van der Waals surface area contributed by atoms with Crippen LogP contribution >= 0.6 is 0 Å². The van der Waals surface area contributed by atoms with E-state index in [0.717, 1.165) is 17.5 Å². The number of nitrogens with two attached hydrogens (primary N) is 2. The average molecular weight is 507 g/mol. The van der Waals surface area contributed by atoms with Gasteiger partial charge in [-0.15, -0.1) is 0 Å². The third-order valence-electron chi connectivity index (χ3n) is 6.56. The van der Waals surface area contributed by atoms with Crippen LogP contribution in [0.25, 0.3) is 11.1 Å². The number of amides is 2. The predicted octanol–water partition coefficient (Wildman–Crippen LogP) is 2.93. The Morgan fingerprint density at radius 1 is 0.778 bits per heavy atom. The van der Waals surface area contributed by atoms with Crippen molar-refractivity contribution >= 4 is 27.5 Å². The fourth-order valence-electron chi connectivity index (χ4n) is 4.62. The molecule has 9 heteroatoms. The van der Waals surface area contributed by atoms with Crippen molar-refractivity contribution in [2.45, 2.75) is 37.2 Å². The highest BCUT2D eigenvalue weighted by Crippen LogP contribution is 2.32. The number of nitrogen functional groups attached to an aromatic ring is 1. The molecule has 188 valence electrons. The summed E-state index contributed by atoms with van der Waals surface area (Å²) < 4.78 is 23.8. The van der Waals surface area contributed by atoms with Crippen LogP contribution in [0.5, 0.6) is 0 Å². The molecule has 1 fully saturated rings. The summed E-state index contributed by atoms with van der Waals surface area (Å²) in [5.41, 5.74) is 9.42. The smallest absolute Gasteiger partial charge is 0.238 e. The third-order valence-corrected chi connectivity index (χ3v) is 7.53. The Morgan fingerprint density at radius 2 is 1.28 bits per heavy atom. The van der Waals surface area contributed by atoms with Crippen LogP contribution in [0.4, 0.5) is 5.69 Å². The van der Waals surface area contributed by atoms with Gasteiger partial charge in [-0.05, 0) is 47.7 Å². The highest BCUT2D eigenvalue weighted by Gasteiger charge is 2.37. The minimum Gasteiger partial charge on any atom is -0.399 e. The van der Waals surface area contributed by atoms with Crippen molar-refractivity contribution in [3.8, 4) is 11.1 Å². The molecule has 0 aliphatic heterocycles. The summed E-state index contributed by atoms with van der Waals surface area (Å²) in [4.78, 5) is 25.7. The van der Waals surface area contributed by atoms with Gasteiger partial charge in [0, 0.05) is 36.2 Å². The Labute approximate surface area is 211 Å². The van der Waals surface area contributed by atoms with Gasteiger partial charge in [0.15, 0.2) is 0 Å². The SMILES string of the molecule is Nc1ccc(CNC(=O)[C@@H]2CCC[C@H]2C(=O)NCc2ccc(-c3ccccc3S(N)(=O)=O)cc2)cc1. The summed E-state index contributed by atoms with van der Waals surface area (Å²) in [6.07, 6.45) is 2.19. The Balaban J connectivity index is 1.34. The molecule has 0 heterocycles. The van der Waals surface area contributed by atoms with Crippen LogP contribution in [0.15, 0.2) is 77.7 Å². The molecule has 0 unspecified atom stereocenters. The molecule has 0 spiro atoms. The van der Waals surface area contributed by atoms with Crippen LogP contribution in [0.1, 0.15) is 30.4 Å². The number of primary sulfonamides is 1. The Bertz CT molecular complexity index is 1340. The molecule has 3 aromatic rings. The van der Waals surface area contributed by atoms with Gasteiger partial charge >= 0.3 is 0 Å². The quantitative estimate of drug-likeness (QED) is 0.347. The zero-order valence-electron chi connectivity index (χ0n) is 19.8. The minimum atomic E-state index is -3.85. The standard InChI is InChI=1S/C27H30N4O4S/c28-21-14-10-19(11-15-21)17-31-27(33)24-6-3-5-23(24)26(32)30-16-18-8-12-20(13-9-18)22-4-1-2-7-25(22)36(29,34)35/h1-2,4,7-15,23-24H,3,5-6,16-17,28H2,(H,30,32)(H,31,33)(H2,29,34,35)/t23-,24-/m1/s1. The molecular formula is C27H30N4O4S. The van der Waals surface area contributed by atoms with Gasteiger partial charge in [0.05, 0.1) is 4.90 Å². The van der Waals surface area contributed by atoms with E-state index in [1.54, 1.807) is 42.5 Å². The topological polar surface area (TPSA) is 144 Å². The monoisotopic (exact) mass is 506 g/mol. The number of hydrogen-bond acceptors (Lipinski definition) is 5. The van der Waals surface area contributed by atoms with Crippen LogP contribution in [-0.4, -0.2) is 20.2 Å². The second kappa shape index (κ2) is 10.9. The summed E-state index contributed by atoms with van der Waals surface area (Å²) in [5.74, 6) is -0.959. The minimum absolute atomic E-state index is 0.0630. The van der Waals surface area contributed by atoms with E-state index in [-0.39, 0.29) is 28.5 Å². The van der Waals surface area contributed by atoms with E-state index in [2.05, 4.69) is 10.6 Å². The second-order valence-electron chi connectivity index (χ2n) is 9.06. The van der Waals surface area contributed by atoms with Gasteiger partial charge in [0.2, 0.25) is 21.8 Å². The van der Waals surface area contributed by atoms with Crippen LogP contribution in [0.3, 0.4) is 0 Å². The Hall–Kier alpha value is -3.69. The van der Waals surface area contributed by atoms with Gasteiger partial charge in [-0.1, -0.05) is 61.0 Å². The number of hydrogen-bond donors (Lipinski definition) is 4. The lowest BCUT2D eigenvalue weighted by atomic mass is 9.94. The van der Waals surface area contributed by atoms with Crippen molar-refractivity contribution in [2.24, 2.45) is 17.0 Å². The molecule has 2 amide bonds. The maximum Gasteiger partial charge on any atom is 0.238 e. The van der Waals surface area contributed by atoms with Crippen LogP contribution in [0, 0.1) is 11.8 Å². The first-order valence-corrected chi connectivity index (χ1v) is 13.4. The Kier molecular flexibility index (Phi) is 7.71. The van der Waals surface area contributed by atoms with Gasteiger partial charge in [-0.3, -0.25) is 9.59 Å². The summed E-state index contributed by atoms with van der Waals surface area (Å²) in [7, 11) is -3.85. The fourth-order valence-corrected chi connectivity index (χ4v) is 5.38. The summed E-state index contributed by atoms with van der Waals surface area (Å²) in [6.45, 7) is 0.705. The van der Waals surface area contributed by atoms with Crippen LogP contribution < -0.4 is 21.5 Å². The largest absolute Gasteiger partial charge is 0.399 e. The van der Waals surface area contributed by atoms with E-state index in [9.17, 15) is 18.0 Å². The molecule has 0 aromatic heterocycles. The lowest BCUT2D eigenvalue weighted by Crippen LogP contribution is -2.39. The van der Waals surface area contributed by atoms with Crippen LogP contribution in [-0.2, 0) is 32.7 Å². The van der Waals surface area contributed by atoms with E-state index in [4.69, 9.17) is 10.9 Å². The van der Waals surface area contributed by atoms with Gasteiger partial charge in [0.1, 0.15) is 0 Å². The number of benzene rings is 3. The molecule has 0 saturated heterocycles. The zero-order chi connectivity index (χ0) is 25.7. The lowest BCUT2D eigenvalue weighted by molar-refractivity contribution is -0.133. The second-order valence-corrected chi connectivity index (χ2v) is 10.6. The Morgan fingerprint density at radius 3 is 1.81 bits per heavy atom. The molecule has 0 radical (unpaired) electrons. The highest BCUT2D eigenvalue weighted by atomic mass is 32.2. The van der Waals surface area contributed by atoms with Crippen molar-refractivity contribution < 1.29 is 18.0 Å². The molecule has 1 saturated carbocycles. The first kappa shape index (κ1) is 25.4. The molecule has 0 bridgehead atoms. The maximum atomic E-state index is 12.9. The molecule has 4 rings (SSSR count). The van der Waals surface area contributed by atoms with Gasteiger partial charge < -0.3 is 16.4 Å². The molecule has 1 aliphatic carbocycles. The molecule has 6 N–H and O–H groups in total. The van der Waals surface area contributed by atoms with E-state index < -0.39 is 10.0 Å².